The maximum Gasteiger partial charge on any atom is 0.228 e. The Morgan fingerprint density at radius 2 is 1.69 bits per heavy atom. The Morgan fingerprint density at radius 3 is 2.38 bits per heavy atom. The van der Waals surface area contributed by atoms with Crippen LogP contribution in [-0.4, -0.2) is 20.9 Å². The fourth-order valence-corrected chi connectivity index (χ4v) is 3.18. The van der Waals surface area contributed by atoms with Gasteiger partial charge in [0.2, 0.25) is 5.91 Å². The summed E-state index contributed by atoms with van der Waals surface area (Å²) >= 11 is 0. The Kier molecular flexibility index (Phi) is 5.38. The van der Waals surface area contributed by atoms with Crippen LogP contribution in [0.3, 0.4) is 0 Å². The topological polar surface area (TPSA) is 67.8 Å². The number of nitrogens with zero attached hydrogens (tertiary/aromatic N) is 3. The molecule has 29 heavy (non-hydrogen) atoms. The maximum atomic E-state index is 12.4. The fourth-order valence-electron chi connectivity index (χ4n) is 3.18. The first-order valence-electron chi connectivity index (χ1n) is 9.36. The minimum Gasteiger partial charge on any atom is -0.324 e. The van der Waals surface area contributed by atoms with E-state index < -0.39 is 0 Å². The second-order valence-electron chi connectivity index (χ2n) is 6.77. The minimum absolute atomic E-state index is 0.0999. The zero-order valence-electron chi connectivity index (χ0n) is 16.0. The molecule has 5 heteroatoms. The van der Waals surface area contributed by atoms with Gasteiger partial charge < -0.3 is 5.32 Å². The molecule has 1 N–H and O–H groups in total. The third-order valence-corrected chi connectivity index (χ3v) is 4.57. The number of hydrogen-bond acceptors (Lipinski definition) is 4. The molecule has 0 spiro atoms. The van der Waals surface area contributed by atoms with Crippen LogP contribution in [0.1, 0.15) is 11.1 Å². The molecule has 0 radical (unpaired) electrons. The summed E-state index contributed by atoms with van der Waals surface area (Å²) in [7, 11) is 0. The van der Waals surface area contributed by atoms with E-state index in [0.29, 0.717) is 5.69 Å². The van der Waals surface area contributed by atoms with E-state index in [1.54, 1.807) is 24.8 Å². The van der Waals surface area contributed by atoms with Gasteiger partial charge in [0.25, 0.3) is 0 Å². The van der Waals surface area contributed by atoms with E-state index >= 15 is 0 Å². The molecule has 3 aromatic heterocycles. The molecule has 0 unspecified atom stereocenters. The summed E-state index contributed by atoms with van der Waals surface area (Å²) in [4.78, 5) is 25.4. The Labute approximate surface area is 169 Å². The Bertz CT molecular complexity index is 1110. The molecule has 0 atom stereocenters. The fraction of sp³-hybridized carbons (Fsp3) is 0.0833. The van der Waals surface area contributed by atoms with Crippen molar-refractivity contribution in [3.63, 3.8) is 0 Å². The van der Waals surface area contributed by atoms with Crippen LogP contribution in [0.2, 0.25) is 0 Å². The highest BCUT2D eigenvalue weighted by atomic mass is 16.1. The predicted molar refractivity (Wildman–Crippen MR) is 114 cm³/mol. The number of hydrogen-bond donors (Lipinski definition) is 1. The highest BCUT2D eigenvalue weighted by Gasteiger charge is 2.09. The zero-order chi connectivity index (χ0) is 20.1. The third kappa shape index (κ3) is 4.52. The summed E-state index contributed by atoms with van der Waals surface area (Å²) in [5.74, 6) is -0.0999. The number of benzene rings is 1. The first-order valence-corrected chi connectivity index (χ1v) is 9.36. The van der Waals surface area contributed by atoms with Crippen LogP contribution in [0.25, 0.3) is 22.5 Å². The normalized spacial score (nSPS) is 10.5. The molecule has 1 amide bonds. The molecular formula is C24H20N4O. The zero-order valence-corrected chi connectivity index (χ0v) is 16.0. The summed E-state index contributed by atoms with van der Waals surface area (Å²) in [5.41, 5.74) is 6.39. The lowest BCUT2D eigenvalue weighted by Crippen LogP contribution is -2.15. The Morgan fingerprint density at radius 1 is 0.897 bits per heavy atom. The van der Waals surface area contributed by atoms with Crippen molar-refractivity contribution in [3.05, 3.63) is 96.6 Å². The average Bonchev–Trinajstić information content (AvgIpc) is 2.75. The monoisotopic (exact) mass is 380 g/mol. The number of aromatic nitrogens is 3. The highest BCUT2D eigenvalue weighted by molar-refractivity contribution is 5.92. The molecule has 5 nitrogen and oxygen atoms in total. The number of anilines is 1. The van der Waals surface area contributed by atoms with Crippen LogP contribution in [0.5, 0.6) is 0 Å². The number of carbonyl (C=O) groups is 1. The van der Waals surface area contributed by atoms with Crippen LogP contribution < -0.4 is 5.32 Å². The molecule has 142 valence electrons. The molecular weight excluding hydrogens is 360 g/mol. The summed E-state index contributed by atoms with van der Waals surface area (Å²) < 4.78 is 0. The van der Waals surface area contributed by atoms with Crippen molar-refractivity contribution < 1.29 is 4.79 Å². The lowest BCUT2D eigenvalue weighted by molar-refractivity contribution is -0.115. The van der Waals surface area contributed by atoms with Gasteiger partial charge in [-0.1, -0.05) is 36.4 Å². The minimum atomic E-state index is -0.0999. The number of rotatable bonds is 5. The molecule has 0 aliphatic carbocycles. The smallest absolute Gasteiger partial charge is 0.228 e. The quantitative estimate of drug-likeness (QED) is 0.545. The van der Waals surface area contributed by atoms with Gasteiger partial charge in [-0.2, -0.15) is 0 Å². The van der Waals surface area contributed by atoms with Crippen molar-refractivity contribution in [3.8, 4) is 22.5 Å². The third-order valence-electron chi connectivity index (χ3n) is 4.57. The van der Waals surface area contributed by atoms with E-state index in [9.17, 15) is 4.79 Å². The van der Waals surface area contributed by atoms with Gasteiger partial charge >= 0.3 is 0 Å². The lowest BCUT2D eigenvalue weighted by Gasteiger charge is -2.09. The first kappa shape index (κ1) is 18.5. The van der Waals surface area contributed by atoms with Crippen LogP contribution >= 0.6 is 0 Å². The van der Waals surface area contributed by atoms with E-state index in [-0.39, 0.29) is 12.3 Å². The van der Waals surface area contributed by atoms with Crippen molar-refractivity contribution in [1.29, 1.82) is 0 Å². The molecule has 1 aromatic carbocycles. The summed E-state index contributed by atoms with van der Waals surface area (Å²) in [6.45, 7) is 2.00. The molecule has 0 saturated carbocycles. The first-order chi connectivity index (χ1) is 14.2. The molecule has 0 aliphatic rings. The second-order valence-corrected chi connectivity index (χ2v) is 6.77. The number of amides is 1. The van der Waals surface area contributed by atoms with Gasteiger partial charge in [-0.15, -0.1) is 0 Å². The second kappa shape index (κ2) is 8.44. The maximum absolute atomic E-state index is 12.4. The Balaban J connectivity index is 1.41. The van der Waals surface area contributed by atoms with Crippen molar-refractivity contribution in [1.82, 2.24) is 15.0 Å². The molecule has 0 fully saturated rings. The van der Waals surface area contributed by atoms with Gasteiger partial charge in [-0.05, 0) is 42.3 Å². The molecule has 4 aromatic rings. The lowest BCUT2D eigenvalue weighted by atomic mass is 10.0. The number of aryl methyl sites for hydroxylation is 1. The molecule has 0 aliphatic heterocycles. The summed E-state index contributed by atoms with van der Waals surface area (Å²) in [6.07, 6.45) is 7.17. The SMILES string of the molecule is Cc1cc(CC(=O)Nc2ccc(-c3ccccc3)nc2)cnc1-c1ccncc1. The molecule has 3 heterocycles. The predicted octanol–water partition coefficient (Wildman–Crippen LogP) is 4.70. The molecule has 0 saturated heterocycles. The van der Waals surface area contributed by atoms with Gasteiger partial charge in [0, 0.05) is 29.7 Å². The molecule has 4 rings (SSSR count). The highest BCUT2D eigenvalue weighted by Crippen LogP contribution is 2.21. The summed E-state index contributed by atoms with van der Waals surface area (Å²) in [6, 6.07) is 19.5. The number of carbonyl (C=O) groups excluding carboxylic acids is 1. The van der Waals surface area contributed by atoms with Crippen LogP contribution in [-0.2, 0) is 11.2 Å². The van der Waals surface area contributed by atoms with Crippen LogP contribution in [0, 0.1) is 6.92 Å². The van der Waals surface area contributed by atoms with E-state index in [4.69, 9.17) is 0 Å². The van der Waals surface area contributed by atoms with Crippen LogP contribution in [0.4, 0.5) is 5.69 Å². The van der Waals surface area contributed by atoms with Crippen molar-refractivity contribution >= 4 is 11.6 Å². The van der Waals surface area contributed by atoms with E-state index in [1.165, 1.54) is 0 Å². The summed E-state index contributed by atoms with van der Waals surface area (Å²) in [5, 5.41) is 2.90. The Hall–Kier alpha value is -3.86. The van der Waals surface area contributed by atoms with Gasteiger partial charge in [0.05, 0.1) is 29.7 Å². The average molecular weight is 380 g/mol. The van der Waals surface area contributed by atoms with Crippen molar-refractivity contribution in [2.24, 2.45) is 0 Å². The van der Waals surface area contributed by atoms with Crippen LogP contribution in [0.15, 0.2) is 85.5 Å². The number of nitrogens with one attached hydrogen (secondary N) is 1. The van der Waals surface area contributed by atoms with E-state index in [0.717, 1.165) is 33.6 Å². The standard InChI is InChI=1S/C24H20N4O/c1-17-13-18(15-27-24(17)20-9-11-25-12-10-20)14-23(29)28-21-7-8-22(26-16-21)19-5-3-2-4-6-19/h2-13,15-16H,14H2,1H3,(H,28,29). The van der Waals surface area contributed by atoms with Gasteiger partial charge in [0.15, 0.2) is 0 Å². The van der Waals surface area contributed by atoms with Crippen molar-refractivity contribution in [2.75, 3.05) is 5.32 Å². The largest absolute Gasteiger partial charge is 0.324 e. The van der Waals surface area contributed by atoms with Gasteiger partial charge in [-0.3, -0.25) is 19.7 Å². The van der Waals surface area contributed by atoms with Crippen molar-refractivity contribution in [2.45, 2.75) is 13.3 Å². The van der Waals surface area contributed by atoms with E-state index in [2.05, 4.69) is 20.3 Å². The molecule has 0 bridgehead atoms. The number of pyridine rings is 3. The van der Waals surface area contributed by atoms with Gasteiger partial charge in [-0.25, -0.2) is 0 Å². The van der Waals surface area contributed by atoms with Gasteiger partial charge in [0.1, 0.15) is 0 Å². The van der Waals surface area contributed by atoms with E-state index in [1.807, 2.05) is 67.6 Å².